The summed E-state index contributed by atoms with van der Waals surface area (Å²) < 4.78 is 0. The van der Waals surface area contributed by atoms with E-state index in [0.29, 0.717) is 17.9 Å². The second-order valence-corrected chi connectivity index (χ2v) is 5.13. The highest BCUT2D eigenvalue weighted by molar-refractivity contribution is 4.98. The van der Waals surface area contributed by atoms with Crippen LogP contribution in [0.3, 0.4) is 0 Å². The zero-order chi connectivity index (χ0) is 10.1. The van der Waals surface area contributed by atoms with Gasteiger partial charge in [-0.2, -0.15) is 5.26 Å². The third-order valence-corrected chi connectivity index (χ3v) is 3.66. The smallest absolute Gasteiger partial charge is 0.0656 e. The molecule has 0 radical (unpaired) electrons. The number of nitriles is 1. The van der Waals surface area contributed by atoms with E-state index >= 15 is 0 Å². The molecule has 2 rings (SSSR count). The third kappa shape index (κ3) is 1.93. The van der Waals surface area contributed by atoms with Gasteiger partial charge in [-0.25, -0.2) is 0 Å². The van der Waals surface area contributed by atoms with Crippen LogP contribution in [-0.2, 0) is 0 Å². The molecule has 0 aromatic heterocycles. The van der Waals surface area contributed by atoms with Crippen molar-refractivity contribution in [2.24, 2.45) is 11.8 Å². The monoisotopic (exact) mass is 192 g/mol. The van der Waals surface area contributed by atoms with Gasteiger partial charge in [0.25, 0.3) is 0 Å². The van der Waals surface area contributed by atoms with Crippen LogP contribution in [0, 0.1) is 23.2 Å². The Bertz CT molecular complexity index is 237. The lowest BCUT2D eigenvalue weighted by Crippen LogP contribution is -2.46. The summed E-state index contributed by atoms with van der Waals surface area (Å²) in [5.74, 6) is 1.02. The molecule has 78 valence electrons. The lowest BCUT2D eigenvalue weighted by atomic mass is 9.86. The highest BCUT2D eigenvalue weighted by atomic mass is 15.2. The Morgan fingerprint density at radius 2 is 2.00 bits per heavy atom. The van der Waals surface area contributed by atoms with Crippen molar-refractivity contribution in [1.29, 1.82) is 5.26 Å². The molecule has 2 fully saturated rings. The molecular formula is C12H20N2. The number of hydrogen-bond acceptors (Lipinski definition) is 2. The summed E-state index contributed by atoms with van der Waals surface area (Å²) in [5.41, 5.74) is 0. The fourth-order valence-corrected chi connectivity index (χ4v) is 2.65. The van der Waals surface area contributed by atoms with E-state index in [-0.39, 0.29) is 0 Å². The first-order valence-corrected chi connectivity index (χ1v) is 5.87. The lowest BCUT2D eigenvalue weighted by Gasteiger charge is -2.40. The SMILES string of the molecule is CC(C)C1CC(C#N)CCN1C1CC1. The predicted octanol–water partition coefficient (Wildman–Crippen LogP) is 2.41. The van der Waals surface area contributed by atoms with Crippen LogP contribution in [0.25, 0.3) is 0 Å². The quantitative estimate of drug-likeness (QED) is 0.672. The van der Waals surface area contributed by atoms with Crippen molar-refractivity contribution in [2.75, 3.05) is 6.54 Å². The second kappa shape index (κ2) is 3.90. The summed E-state index contributed by atoms with van der Waals surface area (Å²) in [4.78, 5) is 2.67. The molecule has 1 aliphatic carbocycles. The van der Waals surface area contributed by atoms with Gasteiger partial charge in [-0.15, -0.1) is 0 Å². The fourth-order valence-electron chi connectivity index (χ4n) is 2.65. The molecule has 14 heavy (non-hydrogen) atoms. The number of nitrogens with zero attached hydrogens (tertiary/aromatic N) is 2. The molecule has 0 spiro atoms. The van der Waals surface area contributed by atoms with Gasteiger partial charge in [0.1, 0.15) is 0 Å². The van der Waals surface area contributed by atoms with Crippen LogP contribution in [0.4, 0.5) is 0 Å². The Labute approximate surface area is 86.9 Å². The first-order valence-electron chi connectivity index (χ1n) is 5.87. The number of hydrogen-bond donors (Lipinski definition) is 0. The molecular weight excluding hydrogens is 172 g/mol. The van der Waals surface area contributed by atoms with Crippen molar-refractivity contribution < 1.29 is 0 Å². The third-order valence-electron chi connectivity index (χ3n) is 3.66. The molecule has 1 heterocycles. The van der Waals surface area contributed by atoms with E-state index in [0.717, 1.165) is 25.4 Å². The van der Waals surface area contributed by atoms with Crippen molar-refractivity contribution in [1.82, 2.24) is 4.90 Å². The Morgan fingerprint density at radius 3 is 2.50 bits per heavy atom. The van der Waals surface area contributed by atoms with Gasteiger partial charge in [0.2, 0.25) is 0 Å². The Hall–Kier alpha value is -0.550. The normalized spacial score (nSPS) is 34.4. The van der Waals surface area contributed by atoms with E-state index < -0.39 is 0 Å². The number of rotatable bonds is 2. The standard InChI is InChI=1S/C12H20N2/c1-9(2)12-7-10(8-13)5-6-14(12)11-3-4-11/h9-12H,3-7H2,1-2H3. The van der Waals surface area contributed by atoms with E-state index in [1.807, 2.05) is 0 Å². The molecule has 0 aromatic carbocycles. The van der Waals surface area contributed by atoms with Gasteiger partial charge in [-0.1, -0.05) is 13.8 Å². The van der Waals surface area contributed by atoms with Crippen LogP contribution >= 0.6 is 0 Å². The van der Waals surface area contributed by atoms with Gasteiger partial charge in [-0.3, -0.25) is 4.90 Å². The van der Waals surface area contributed by atoms with Crippen molar-refractivity contribution in [3.63, 3.8) is 0 Å². The van der Waals surface area contributed by atoms with Crippen molar-refractivity contribution in [2.45, 2.75) is 51.6 Å². The largest absolute Gasteiger partial charge is 0.297 e. The molecule has 0 bridgehead atoms. The van der Waals surface area contributed by atoms with E-state index in [9.17, 15) is 0 Å². The van der Waals surface area contributed by atoms with E-state index in [4.69, 9.17) is 5.26 Å². The maximum atomic E-state index is 8.96. The molecule has 1 aliphatic heterocycles. The van der Waals surface area contributed by atoms with Crippen molar-refractivity contribution >= 4 is 0 Å². The average molecular weight is 192 g/mol. The maximum Gasteiger partial charge on any atom is 0.0656 e. The highest BCUT2D eigenvalue weighted by Crippen LogP contribution is 2.36. The predicted molar refractivity (Wildman–Crippen MR) is 56.7 cm³/mol. The zero-order valence-electron chi connectivity index (χ0n) is 9.24. The zero-order valence-corrected chi connectivity index (χ0v) is 9.24. The summed E-state index contributed by atoms with van der Waals surface area (Å²) in [6, 6.07) is 3.97. The first kappa shape index (κ1) is 9.98. The van der Waals surface area contributed by atoms with Crippen LogP contribution < -0.4 is 0 Å². The van der Waals surface area contributed by atoms with Gasteiger partial charge in [0.05, 0.1) is 6.07 Å². The summed E-state index contributed by atoms with van der Waals surface area (Å²) in [6.45, 7) is 5.74. The van der Waals surface area contributed by atoms with E-state index in [1.165, 1.54) is 12.8 Å². The summed E-state index contributed by atoms with van der Waals surface area (Å²) in [6.07, 6.45) is 4.97. The van der Waals surface area contributed by atoms with Crippen molar-refractivity contribution in [3.8, 4) is 6.07 Å². The summed E-state index contributed by atoms with van der Waals surface area (Å²) in [7, 11) is 0. The summed E-state index contributed by atoms with van der Waals surface area (Å²) >= 11 is 0. The molecule has 0 amide bonds. The Kier molecular flexibility index (Phi) is 2.78. The molecule has 0 aromatic rings. The van der Waals surface area contributed by atoms with Gasteiger partial charge < -0.3 is 0 Å². The minimum Gasteiger partial charge on any atom is -0.297 e. The molecule has 1 saturated carbocycles. The van der Waals surface area contributed by atoms with Gasteiger partial charge in [0.15, 0.2) is 0 Å². The molecule has 0 N–H and O–H groups in total. The Balaban J connectivity index is 2.01. The van der Waals surface area contributed by atoms with E-state index in [1.54, 1.807) is 0 Å². The van der Waals surface area contributed by atoms with Gasteiger partial charge in [0, 0.05) is 18.0 Å². The minimum atomic E-state index is 0.317. The molecule has 2 unspecified atom stereocenters. The Morgan fingerprint density at radius 1 is 1.29 bits per heavy atom. The summed E-state index contributed by atoms with van der Waals surface area (Å²) in [5, 5.41) is 8.96. The minimum absolute atomic E-state index is 0.317. The van der Waals surface area contributed by atoms with Crippen LogP contribution in [0.1, 0.15) is 39.5 Å². The van der Waals surface area contributed by atoms with Crippen molar-refractivity contribution in [3.05, 3.63) is 0 Å². The van der Waals surface area contributed by atoms with Gasteiger partial charge >= 0.3 is 0 Å². The molecule has 2 atom stereocenters. The number of likely N-dealkylation sites (tertiary alicyclic amines) is 1. The van der Waals surface area contributed by atoms with Crippen LogP contribution in [0.5, 0.6) is 0 Å². The fraction of sp³-hybridized carbons (Fsp3) is 0.917. The highest BCUT2D eigenvalue weighted by Gasteiger charge is 2.38. The molecule has 2 nitrogen and oxygen atoms in total. The average Bonchev–Trinajstić information content (AvgIpc) is 3.00. The molecule has 2 aliphatic rings. The second-order valence-electron chi connectivity index (χ2n) is 5.13. The number of piperidine rings is 1. The van der Waals surface area contributed by atoms with Crippen LogP contribution in [0.15, 0.2) is 0 Å². The first-order chi connectivity index (χ1) is 6.72. The maximum absolute atomic E-state index is 8.96. The van der Waals surface area contributed by atoms with Crippen LogP contribution in [0.2, 0.25) is 0 Å². The van der Waals surface area contributed by atoms with E-state index in [2.05, 4.69) is 24.8 Å². The topological polar surface area (TPSA) is 27.0 Å². The van der Waals surface area contributed by atoms with Gasteiger partial charge in [-0.05, 0) is 38.1 Å². The molecule has 1 saturated heterocycles. The lowest BCUT2D eigenvalue weighted by molar-refractivity contribution is 0.0871. The van der Waals surface area contributed by atoms with Crippen LogP contribution in [-0.4, -0.2) is 23.5 Å². The molecule has 2 heteroatoms.